The average Bonchev–Trinajstić information content (AvgIpc) is 3.04. The van der Waals surface area contributed by atoms with Gasteiger partial charge in [0.1, 0.15) is 11.1 Å². The number of nitrogens with zero attached hydrogens (tertiary/aromatic N) is 1. The second-order valence-corrected chi connectivity index (χ2v) is 7.35. The summed E-state index contributed by atoms with van der Waals surface area (Å²) in [7, 11) is 1.47. The highest BCUT2D eigenvalue weighted by Crippen LogP contribution is 2.57. The number of carbonyl (C=O) groups is 3. The lowest BCUT2D eigenvalue weighted by atomic mass is 9.78. The quantitative estimate of drug-likeness (QED) is 0.634. The molecule has 1 unspecified atom stereocenters. The number of ether oxygens (including phenoxy) is 1. The third-order valence-electron chi connectivity index (χ3n) is 4.45. The van der Waals surface area contributed by atoms with E-state index in [9.17, 15) is 14.4 Å². The SMILES string of the molecule is CN1C(=O)NC(CCC(=O)OC(C)(C)C)(C2(C)CC2)C1=O. The van der Waals surface area contributed by atoms with Crippen molar-refractivity contribution in [1.82, 2.24) is 10.2 Å². The van der Waals surface area contributed by atoms with Gasteiger partial charge < -0.3 is 10.1 Å². The molecule has 3 amide bonds. The highest BCUT2D eigenvalue weighted by Gasteiger charge is 2.65. The van der Waals surface area contributed by atoms with Gasteiger partial charge in [-0.25, -0.2) is 4.79 Å². The van der Waals surface area contributed by atoms with Crippen molar-refractivity contribution in [2.24, 2.45) is 5.41 Å². The van der Waals surface area contributed by atoms with E-state index in [0.29, 0.717) is 0 Å². The molecule has 1 heterocycles. The summed E-state index contributed by atoms with van der Waals surface area (Å²) >= 11 is 0. The lowest BCUT2D eigenvalue weighted by Gasteiger charge is -2.33. The van der Waals surface area contributed by atoms with Gasteiger partial charge >= 0.3 is 12.0 Å². The minimum Gasteiger partial charge on any atom is -0.460 e. The first kappa shape index (κ1) is 15.8. The molecule has 1 aliphatic carbocycles. The molecule has 0 aromatic heterocycles. The maximum Gasteiger partial charge on any atom is 0.324 e. The molecule has 1 aliphatic heterocycles. The number of hydrogen-bond acceptors (Lipinski definition) is 4. The fraction of sp³-hybridized carbons (Fsp3) is 0.800. The lowest BCUT2D eigenvalue weighted by molar-refractivity contribution is -0.155. The van der Waals surface area contributed by atoms with Crippen LogP contribution in [0.15, 0.2) is 0 Å². The Morgan fingerprint density at radius 3 is 2.29 bits per heavy atom. The van der Waals surface area contributed by atoms with Crippen molar-refractivity contribution in [2.75, 3.05) is 7.05 Å². The monoisotopic (exact) mass is 296 g/mol. The molecular weight excluding hydrogens is 272 g/mol. The molecule has 0 bridgehead atoms. The van der Waals surface area contributed by atoms with Crippen molar-refractivity contribution < 1.29 is 19.1 Å². The molecule has 2 aliphatic rings. The standard InChI is InChI=1S/C15H24N2O4/c1-13(2,3)21-10(18)6-7-15(14(4)8-9-14)11(19)17(5)12(20)16-15/h6-9H2,1-5H3,(H,16,20). The maximum atomic E-state index is 12.5. The summed E-state index contributed by atoms with van der Waals surface area (Å²) in [6, 6.07) is -0.391. The maximum absolute atomic E-state index is 12.5. The second-order valence-electron chi connectivity index (χ2n) is 7.35. The van der Waals surface area contributed by atoms with Crippen LogP contribution in [-0.2, 0) is 14.3 Å². The molecule has 2 rings (SSSR count). The van der Waals surface area contributed by atoms with Gasteiger partial charge in [0.05, 0.1) is 0 Å². The van der Waals surface area contributed by atoms with Crippen LogP contribution in [0.4, 0.5) is 4.79 Å². The number of rotatable bonds is 4. The first-order valence-corrected chi connectivity index (χ1v) is 7.33. The van der Waals surface area contributed by atoms with Gasteiger partial charge in [-0.05, 0) is 45.4 Å². The molecule has 0 spiro atoms. The van der Waals surface area contributed by atoms with Gasteiger partial charge in [-0.15, -0.1) is 0 Å². The summed E-state index contributed by atoms with van der Waals surface area (Å²) in [5.74, 6) is -0.584. The number of imide groups is 1. The van der Waals surface area contributed by atoms with Crippen LogP contribution in [-0.4, -0.2) is 41.0 Å². The highest BCUT2D eigenvalue weighted by atomic mass is 16.6. The molecule has 1 N–H and O–H groups in total. The van der Waals surface area contributed by atoms with Gasteiger partial charge in [-0.1, -0.05) is 6.92 Å². The Balaban J connectivity index is 2.12. The first-order chi connectivity index (χ1) is 9.51. The average molecular weight is 296 g/mol. The van der Waals surface area contributed by atoms with Crippen LogP contribution in [0.5, 0.6) is 0 Å². The number of likely N-dealkylation sites (N-methyl/N-ethyl adjacent to an activating group) is 1. The van der Waals surface area contributed by atoms with Crippen LogP contribution in [0.25, 0.3) is 0 Å². The van der Waals surface area contributed by atoms with Crippen molar-refractivity contribution >= 4 is 17.9 Å². The van der Waals surface area contributed by atoms with Crippen molar-refractivity contribution in [3.8, 4) is 0 Å². The largest absolute Gasteiger partial charge is 0.460 e. The molecule has 1 saturated carbocycles. The summed E-state index contributed by atoms with van der Waals surface area (Å²) in [6.45, 7) is 7.40. The summed E-state index contributed by atoms with van der Waals surface area (Å²) in [4.78, 5) is 37.4. The van der Waals surface area contributed by atoms with Crippen LogP contribution < -0.4 is 5.32 Å². The molecule has 2 fully saturated rings. The Kier molecular flexibility index (Phi) is 3.54. The summed E-state index contributed by atoms with van der Waals surface area (Å²) in [5, 5.41) is 2.82. The van der Waals surface area contributed by atoms with E-state index in [0.717, 1.165) is 17.7 Å². The third kappa shape index (κ3) is 2.76. The zero-order valence-corrected chi connectivity index (χ0v) is 13.4. The summed E-state index contributed by atoms with van der Waals surface area (Å²) in [5.41, 5.74) is -1.77. The zero-order valence-electron chi connectivity index (χ0n) is 13.4. The minimum atomic E-state index is -0.963. The molecule has 118 valence electrons. The predicted molar refractivity (Wildman–Crippen MR) is 76.5 cm³/mol. The molecule has 6 nitrogen and oxygen atoms in total. The van der Waals surface area contributed by atoms with E-state index in [1.165, 1.54) is 7.05 Å². The Labute approximate surface area is 125 Å². The van der Waals surface area contributed by atoms with Gasteiger partial charge in [0.25, 0.3) is 5.91 Å². The van der Waals surface area contributed by atoms with E-state index < -0.39 is 17.2 Å². The minimum absolute atomic E-state index is 0.118. The van der Waals surface area contributed by atoms with Gasteiger partial charge in [-0.2, -0.15) is 0 Å². The van der Waals surface area contributed by atoms with Crippen LogP contribution in [0.2, 0.25) is 0 Å². The Morgan fingerprint density at radius 1 is 1.33 bits per heavy atom. The van der Waals surface area contributed by atoms with Gasteiger partial charge in [0, 0.05) is 13.5 Å². The Hall–Kier alpha value is -1.59. The molecular formula is C15H24N2O4. The number of nitrogens with one attached hydrogen (secondary N) is 1. The fourth-order valence-electron chi connectivity index (χ4n) is 2.88. The molecule has 0 aromatic carbocycles. The summed E-state index contributed by atoms with van der Waals surface area (Å²) < 4.78 is 5.29. The number of urea groups is 1. The highest BCUT2D eigenvalue weighted by molar-refractivity contribution is 6.07. The van der Waals surface area contributed by atoms with Crippen LogP contribution in [0.1, 0.15) is 53.4 Å². The molecule has 6 heteroatoms. The predicted octanol–water partition coefficient (Wildman–Crippen LogP) is 1.83. The van der Waals surface area contributed by atoms with Gasteiger partial charge in [0.15, 0.2) is 0 Å². The Morgan fingerprint density at radius 2 is 1.90 bits per heavy atom. The molecule has 21 heavy (non-hydrogen) atoms. The van der Waals surface area contributed by atoms with E-state index >= 15 is 0 Å². The second kappa shape index (κ2) is 4.71. The van der Waals surface area contributed by atoms with Crippen molar-refractivity contribution in [3.63, 3.8) is 0 Å². The smallest absolute Gasteiger partial charge is 0.324 e. The third-order valence-corrected chi connectivity index (χ3v) is 4.45. The number of hydrogen-bond donors (Lipinski definition) is 1. The zero-order chi connectivity index (χ0) is 16.1. The van der Waals surface area contributed by atoms with Crippen molar-refractivity contribution in [2.45, 2.75) is 64.5 Å². The van der Waals surface area contributed by atoms with E-state index in [2.05, 4.69) is 5.32 Å². The van der Waals surface area contributed by atoms with Crippen LogP contribution in [0.3, 0.4) is 0 Å². The number of esters is 1. The topological polar surface area (TPSA) is 75.7 Å². The van der Waals surface area contributed by atoms with Crippen LogP contribution >= 0.6 is 0 Å². The van der Waals surface area contributed by atoms with E-state index in [-0.39, 0.29) is 30.1 Å². The Bertz CT molecular complexity index is 490. The lowest BCUT2D eigenvalue weighted by Crippen LogP contribution is -2.54. The van der Waals surface area contributed by atoms with Crippen molar-refractivity contribution in [3.05, 3.63) is 0 Å². The molecule has 1 saturated heterocycles. The van der Waals surface area contributed by atoms with E-state index in [4.69, 9.17) is 4.74 Å². The first-order valence-electron chi connectivity index (χ1n) is 7.33. The number of carbonyl (C=O) groups excluding carboxylic acids is 3. The van der Waals surface area contributed by atoms with Gasteiger partial charge in [-0.3, -0.25) is 14.5 Å². The van der Waals surface area contributed by atoms with Gasteiger partial charge in [0.2, 0.25) is 0 Å². The van der Waals surface area contributed by atoms with E-state index in [1.54, 1.807) is 20.8 Å². The molecule has 0 aromatic rings. The van der Waals surface area contributed by atoms with E-state index in [1.807, 2.05) is 6.92 Å². The summed E-state index contributed by atoms with van der Waals surface area (Å²) in [6.07, 6.45) is 2.16. The molecule has 1 atom stereocenters. The molecule has 0 radical (unpaired) electrons. The fourth-order valence-corrected chi connectivity index (χ4v) is 2.88. The normalized spacial score (nSPS) is 27.6. The van der Waals surface area contributed by atoms with Crippen molar-refractivity contribution in [1.29, 1.82) is 0 Å². The number of amides is 3. The van der Waals surface area contributed by atoms with Crippen LogP contribution in [0, 0.1) is 5.41 Å².